The number of piperidine rings is 1. The van der Waals surface area contributed by atoms with Gasteiger partial charge in [0.1, 0.15) is 5.75 Å². The van der Waals surface area contributed by atoms with E-state index in [0.717, 1.165) is 31.5 Å². The monoisotopic (exact) mass is 458 g/mol. The van der Waals surface area contributed by atoms with Crippen LogP contribution in [0.1, 0.15) is 28.8 Å². The molecule has 1 saturated heterocycles. The fourth-order valence-electron chi connectivity index (χ4n) is 4.18. The van der Waals surface area contributed by atoms with E-state index in [-0.39, 0.29) is 18.2 Å². The van der Waals surface area contributed by atoms with Gasteiger partial charge in [-0.3, -0.25) is 14.6 Å². The van der Waals surface area contributed by atoms with Crippen LogP contribution in [-0.2, 0) is 11.2 Å². The first-order valence-corrected chi connectivity index (χ1v) is 11.6. The van der Waals surface area contributed by atoms with Gasteiger partial charge in [0.2, 0.25) is 5.91 Å². The third-order valence-electron chi connectivity index (χ3n) is 6.20. The maximum absolute atomic E-state index is 12.7. The first-order chi connectivity index (χ1) is 16.6. The maximum atomic E-state index is 12.7. The molecule has 4 rings (SSSR count). The molecule has 0 radical (unpaired) electrons. The molecule has 176 valence electrons. The van der Waals surface area contributed by atoms with Crippen molar-refractivity contribution in [3.05, 3.63) is 84.2 Å². The van der Waals surface area contributed by atoms with Crippen molar-refractivity contribution in [3.63, 3.8) is 0 Å². The molecule has 2 amide bonds. The quantitative estimate of drug-likeness (QED) is 0.535. The van der Waals surface area contributed by atoms with Gasteiger partial charge in [-0.25, -0.2) is 0 Å². The van der Waals surface area contributed by atoms with Crippen LogP contribution in [0.2, 0.25) is 0 Å². The van der Waals surface area contributed by atoms with Gasteiger partial charge >= 0.3 is 0 Å². The first kappa shape index (κ1) is 23.3. The summed E-state index contributed by atoms with van der Waals surface area (Å²) in [6.07, 6.45) is 5.93. The molecular weight excluding hydrogens is 428 g/mol. The van der Waals surface area contributed by atoms with E-state index in [1.807, 2.05) is 48.8 Å². The number of nitrogens with one attached hydrogen (secondary N) is 2. The first-order valence-electron chi connectivity index (χ1n) is 11.6. The van der Waals surface area contributed by atoms with Crippen LogP contribution in [0.25, 0.3) is 0 Å². The molecule has 2 heterocycles. The lowest BCUT2D eigenvalue weighted by Crippen LogP contribution is -2.39. The normalized spacial score (nSPS) is 13.9. The number of ether oxygens (including phenoxy) is 1. The number of hydrogen-bond acceptors (Lipinski definition) is 5. The number of methoxy groups -OCH3 is 1. The molecule has 7 heteroatoms. The van der Waals surface area contributed by atoms with Crippen LogP contribution in [-0.4, -0.2) is 43.5 Å². The number of anilines is 2. The summed E-state index contributed by atoms with van der Waals surface area (Å²) in [4.78, 5) is 31.8. The summed E-state index contributed by atoms with van der Waals surface area (Å²) in [5.74, 6) is 0.892. The molecular formula is C27H30N4O3. The molecule has 0 unspecified atom stereocenters. The average Bonchev–Trinajstić information content (AvgIpc) is 2.89. The van der Waals surface area contributed by atoms with Gasteiger partial charge in [-0.15, -0.1) is 0 Å². The second kappa shape index (κ2) is 11.3. The van der Waals surface area contributed by atoms with Crippen molar-refractivity contribution in [2.75, 3.05) is 37.0 Å². The van der Waals surface area contributed by atoms with E-state index >= 15 is 0 Å². The standard InChI is InChI=1S/C27H30N4O3/c1-34-24-8-6-21(7-9-24)27(33)30-25-5-3-2-4-22(25)18-26(32)29-19-20-12-16-31(17-13-20)23-10-14-28-15-11-23/h2-11,14-15,20H,12-13,16-19H2,1H3,(H,29,32)(H,30,33). The van der Waals surface area contributed by atoms with Crippen molar-refractivity contribution in [1.29, 1.82) is 0 Å². The Labute approximate surface area is 200 Å². The molecule has 7 nitrogen and oxygen atoms in total. The topological polar surface area (TPSA) is 83.6 Å². The SMILES string of the molecule is COc1ccc(C(=O)Nc2ccccc2CC(=O)NCC2CCN(c3ccncc3)CC2)cc1. The fourth-order valence-corrected chi connectivity index (χ4v) is 4.18. The highest BCUT2D eigenvalue weighted by Crippen LogP contribution is 2.22. The maximum Gasteiger partial charge on any atom is 0.255 e. The predicted molar refractivity (Wildman–Crippen MR) is 133 cm³/mol. The minimum atomic E-state index is -0.225. The molecule has 1 aromatic heterocycles. The molecule has 0 bridgehead atoms. The highest BCUT2D eigenvalue weighted by atomic mass is 16.5. The zero-order valence-electron chi connectivity index (χ0n) is 19.4. The molecule has 3 aromatic rings. The van der Waals surface area contributed by atoms with Crippen LogP contribution in [0.3, 0.4) is 0 Å². The van der Waals surface area contributed by atoms with E-state index in [1.54, 1.807) is 31.4 Å². The number of nitrogens with zero attached hydrogens (tertiary/aromatic N) is 2. The van der Waals surface area contributed by atoms with Crippen molar-refractivity contribution >= 4 is 23.2 Å². The third-order valence-corrected chi connectivity index (χ3v) is 6.20. The van der Waals surface area contributed by atoms with Crippen LogP contribution in [0, 0.1) is 5.92 Å². The Hall–Kier alpha value is -3.87. The lowest BCUT2D eigenvalue weighted by Gasteiger charge is -2.33. The average molecular weight is 459 g/mol. The van der Waals surface area contributed by atoms with Crippen molar-refractivity contribution in [3.8, 4) is 5.75 Å². The smallest absolute Gasteiger partial charge is 0.255 e. The van der Waals surface area contributed by atoms with Crippen LogP contribution in [0.4, 0.5) is 11.4 Å². The number of carbonyl (C=O) groups excluding carboxylic acids is 2. The molecule has 0 saturated carbocycles. The van der Waals surface area contributed by atoms with Gasteiger partial charge in [0.25, 0.3) is 5.91 Å². The Morgan fingerprint density at radius 1 is 1.00 bits per heavy atom. The molecule has 1 aliphatic rings. The molecule has 2 N–H and O–H groups in total. The van der Waals surface area contributed by atoms with Crippen LogP contribution >= 0.6 is 0 Å². The lowest BCUT2D eigenvalue weighted by atomic mass is 9.96. The van der Waals surface area contributed by atoms with E-state index in [2.05, 4.69) is 20.5 Å². The zero-order valence-corrected chi connectivity index (χ0v) is 19.4. The Bertz CT molecular complexity index is 1090. The summed E-state index contributed by atoms with van der Waals surface area (Å²) < 4.78 is 5.14. The number of carbonyl (C=O) groups is 2. The Balaban J connectivity index is 1.27. The van der Waals surface area contributed by atoms with Crippen LogP contribution in [0.15, 0.2) is 73.1 Å². The predicted octanol–water partition coefficient (Wildman–Crippen LogP) is 3.92. The van der Waals surface area contributed by atoms with Crippen LogP contribution in [0.5, 0.6) is 5.75 Å². The number of rotatable bonds is 8. The van der Waals surface area contributed by atoms with Gasteiger partial charge in [0.15, 0.2) is 0 Å². The fraction of sp³-hybridized carbons (Fsp3) is 0.296. The lowest BCUT2D eigenvalue weighted by molar-refractivity contribution is -0.120. The molecule has 0 atom stereocenters. The van der Waals surface area contributed by atoms with Gasteiger partial charge in [0.05, 0.1) is 13.5 Å². The molecule has 2 aromatic carbocycles. The van der Waals surface area contributed by atoms with Gasteiger partial charge in [-0.1, -0.05) is 18.2 Å². The number of pyridine rings is 1. The highest BCUT2D eigenvalue weighted by molar-refractivity contribution is 6.05. The zero-order chi connectivity index (χ0) is 23.8. The van der Waals surface area contributed by atoms with Gasteiger partial charge < -0.3 is 20.3 Å². The number of para-hydroxylation sites is 1. The summed E-state index contributed by atoms with van der Waals surface area (Å²) in [6.45, 7) is 2.62. The van der Waals surface area contributed by atoms with Crippen molar-refractivity contribution < 1.29 is 14.3 Å². The van der Waals surface area contributed by atoms with Gasteiger partial charge in [-0.05, 0) is 66.8 Å². The minimum Gasteiger partial charge on any atom is -0.497 e. The second-order valence-corrected chi connectivity index (χ2v) is 8.46. The Morgan fingerprint density at radius 2 is 1.71 bits per heavy atom. The highest BCUT2D eigenvalue weighted by Gasteiger charge is 2.20. The molecule has 1 fully saturated rings. The number of benzene rings is 2. The number of hydrogen-bond donors (Lipinski definition) is 2. The van der Waals surface area contributed by atoms with Crippen molar-refractivity contribution in [2.45, 2.75) is 19.3 Å². The molecule has 0 aliphatic carbocycles. The van der Waals surface area contributed by atoms with Crippen molar-refractivity contribution in [1.82, 2.24) is 10.3 Å². The van der Waals surface area contributed by atoms with E-state index in [1.165, 1.54) is 5.69 Å². The summed E-state index contributed by atoms with van der Waals surface area (Å²) in [5, 5.41) is 6.01. The van der Waals surface area contributed by atoms with Gasteiger partial charge in [0, 0.05) is 49.0 Å². The minimum absolute atomic E-state index is 0.0392. The van der Waals surface area contributed by atoms with E-state index < -0.39 is 0 Å². The van der Waals surface area contributed by atoms with E-state index in [9.17, 15) is 9.59 Å². The van der Waals surface area contributed by atoms with Gasteiger partial charge in [-0.2, -0.15) is 0 Å². The summed E-state index contributed by atoms with van der Waals surface area (Å²) in [6, 6.07) is 18.4. The largest absolute Gasteiger partial charge is 0.497 e. The summed E-state index contributed by atoms with van der Waals surface area (Å²) >= 11 is 0. The van der Waals surface area contributed by atoms with Crippen molar-refractivity contribution in [2.24, 2.45) is 5.92 Å². The summed E-state index contributed by atoms with van der Waals surface area (Å²) in [5.41, 5.74) is 3.16. The van der Waals surface area contributed by atoms with Crippen LogP contribution < -0.4 is 20.3 Å². The third kappa shape index (κ3) is 6.13. The van der Waals surface area contributed by atoms with E-state index in [4.69, 9.17) is 4.74 Å². The number of amides is 2. The molecule has 1 aliphatic heterocycles. The Morgan fingerprint density at radius 3 is 2.41 bits per heavy atom. The van der Waals surface area contributed by atoms with E-state index in [0.29, 0.717) is 29.5 Å². The molecule has 34 heavy (non-hydrogen) atoms. The number of aromatic nitrogens is 1. The summed E-state index contributed by atoms with van der Waals surface area (Å²) in [7, 11) is 1.59. The Kier molecular flexibility index (Phi) is 7.75. The molecule has 0 spiro atoms. The second-order valence-electron chi connectivity index (χ2n) is 8.46.